The van der Waals surface area contributed by atoms with Gasteiger partial charge < -0.3 is 4.90 Å². The van der Waals surface area contributed by atoms with Crippen molar-refractivity contribution in [3.63, 3.8) is 0 Å². The van der Waals surface area contributed by atoms with Gasteiger partial charge in [0.25, 0.3) is 0 Å². The van der Waals surface area contributed by atoms with Gasteiger partial charge in [-0.05, 0) is 31.1 Å². The van der Waals surface area contributed by atoms with Crippen LogP contribution in [0.2, 0.25) is 0 Å². The van der Waals surface area contributed by atoms with Crippen LogP contribution in [0.15, 0.2) is 0 Å². The van der Waals surface area contributed by atoms with Crippen LogP contribution in [0.3, 0.4) is 0 Å². The maximum Gasteiger partial charge on any atom is 0.226 e. The molecular formula is C16H28BrNO. The molecule has 2 saturated carbocycles. The highest BCUT2D eigenvalue weighted by Crippen LogP contribution is 2.42. The SMILES string of the molecule is CN(C(=O)C1CCCCC1(C)C)C1CCCCC1Br. The second-order valence-corrected chi connectivity index (χ2v) is 8.28. The predicted octanol–water partition coefficient (Wildman–Crippen LogP) is 4.37. The summed E-state index contributed by atoms with van der Waals surface area (Å²) in [7, 11) is 2.03. The molecule has 2 aliphatic carbocycles. The lowest BCUT2D eigenvalue weighted by molar-refractivity contribution is -0.142. The second kappa shape index (κ2) is 6.15. The Hall–Kier alpha value is -0.0500. The molecule has 1 amide bonds. The summed E-state index contributed by atoms with van der Waals surface area (Å²) in [6, 6.07) is 0.402. The smallest absolute Gasteiger partial charge is 0.226 e. The Morgan fingerprint density at radius 3 is 2.37 bits per heavy atom. The number of carbonyl (C=O) groups is 1. The number of amides is 1. The first-order chi connectivity index (χ1) is 8.93. The molecule has 110 valence electrons. The van der Waals surface area contributed by atoms with Crippen molar-refractivity contribution in [3.05, 3.63) is 0 Å². The highest BCUT2D eigenvalue weighted by molar-refractivity contribution is 9.09. The molecule has 3 unspecified atom stereocenters. The van der Waals surface area contributed by atoms with Crippen molar-refractivity contribution < 1.29 is 4.79 Å². The van der Waals surface area contributed by atoms with Gasteiger partial charge in [0.05, 0.1) is 0 Å². The van der Waals surface area contributed by atoms with Gasteiger partial charge in [-0.1, -0.05) is 55.5 Å². The van der Waals surface area contributed by atoms with E-state index in [9.17, 15) is 4.79 Å². The first kappa shape index (κ1) is 15.3. The Bertz CT molecular complexity index is 329. The molecule has 0 N–H and O–H groups in total. The van der Waals surface area contributed by atoms with E-state index in [2.05, 4.69) is 34.7 Å². The molecule has 2 rings (SSSR count). The minimum absolute atomic E-state index is 0.181. The van der Waals surface area contributed by atoms with Crippen LogP contribution in [0.4, 0.5) is 0 Å². The van der Waals surface area contributed by atoms with Crippen LogP contribution >= 0.6 is 15.9 Å². The fraction of sp³-hybridized carbons (Fsp3) is 0.938. The number of halogens is 1. The normalized spacial score (nSPS) is 34.8. The summed E-state index contributed by atoms with van der Waals surface area (Å²) in [5.74, 6) is 0.619. The third-order valence-corrected chi connectivity index (χ3v) is 6.37. The molecule has 2 aliphatic rings. The van der Waals surface area contributed by atoms with Crippen molar-refractivity contribution in [1.82, 2.24) is 4.90 Å². The number of carbonyl (C=O) groups excluding carboxylic acids is 1. The van der Waals surface area contributed by atoms with E-state index < -0.39 is 0 Å². The van der Waals surface area contributed by atoms with Gasteiger partial charge in [-0.3, -0.25) is 4.79 Å². The molecule has 19 heavy (non-hydrogen) atoms. The van der Waals surface area contributed by atoms with E-state index in [1.165, 1.54) is 38.5 Å². The first-order valence-electron chi connectivity index (χ1n) is 7.84. The molecule has 0 aromatic heterocycles. The molecule has 0 saturated heterocycles. The molecule has 0 bridgehead atoms. The van der Waals surface area contributed by atoms with Crippen LogP contribution in [0.25, 0.3) is 0 Å². The molecule has 2 fully saturated rings. The van der Waals surface area contributed by atoms with Gasteiger partial charge in [-0.2, -0.15) is 0 Å². The van der Waals surface area contributed by atoms with E-state index in [0.29, 0.717) is 16.8 Å². The second-order valence-electron chi connectivity index (χ2n) is 7.10. The van der Waals surface area contributed by atoms with Gasteiger partial charge in [0, 0.05) is 23.8 Å². The summed E-state index contributed by atoms with van der Waals surface area (Å²) in [5, 5.41) is 0. The van der Waals surface area contributed by atoms with E-state index in [0.717, 1.165) is 12.8 Å². The molecule has 0 radical (unpaired) electrons. The maximum absolute atomic E-state index is 12.9. The summed E-state index contributed by atoms with van der Waals surface area (Å²) >= 11 is 3.78. The third-order valence-electron chi connectivity index (χ3n) is 5.30. The zero-order valence-electron chi connectivity index (χ0n) is 12.6. The van der Waals surface area contributed by atoms with E-state index in [4.69, 9.17) is 0 Å². The highest BCUT2D eigenvalue weighted by Gasteiger charge is 2.40. The van der Waals surface area contributed by atoms with Crippen molar-refractivity contribution in [2.75, 3.05) is 7.05 Å². The standard InChI is InChI=1S/C16H28BrNO/c1-16(2)11-7-6-8-12(16)15(19)18(3)14-10-5-4-9-13(14)17/h12-14H,4-11H2,1-3H3. The van der Waals surface area contributed by atoms with E-state index >= 15 is 0 Å². The number of rotatable bonds is 2. The number of alkyl halides is 1. The van der Waals surface area contributed by atoms with Crippen molar-refractivity contribution in [2.45, 2.75) is 76.1 Å². The summed E-state index contributed by atoms with van der Waals surface area (Å²) < 4.78 is 0. The van der Waals surface area contributed by atoms with Gasteiger partial charge >= 0.3 is 0 Å². The molecular weight excluding hydrogens is 302 g/mol. The molecule has 0 aromatic rings. The van der Waals surface area contributed by atoms with Crippen LogP contribution in [0.5, 0.6) is 0 Å². The quantitative estimate of drug-likeness (QED) is 0.689. The maximum atomic E-state index is 12.9. The van der Waals surface area contributed by atoms with Crippen molar-refractivity contribution in [1.29, 1.82) is 0 Å². The van der Waals surface area contributed by atoms with Gasteiger partial charge in [-0.15, -0.1) is 0 Å². The lowest BCUT2D eigenvalue weighted by atomic mass is 9.68. The Labute approximate surface area is 126 Å². The lowest BCUT2D eigenvalue weighted by Gasteiger charge is -2.43. The van der Waals surface area contributed by atoms with Gasteiger partial charge in [0.1, 0.15) is 0 Å². The van der Waals surface area contributed by atoms with Crippen molar-refractivity contribution in [2.24, 2.45) is 11.3 Å². The molecule has 0 heterocycles. The molecule has 0 aliphatic heterocycles. The van der Waals surface area contributed by atoms with E-state index in [-0.39, 0.29) is 11.3 Å². The Morgan fingerprint density at radius 2 is 1.74 bits per heavy atom. The van der Waals surface area contributed by atoms with Crippen LogP contribution in [0.1, 0.15) is 65.2 Å². The zero-order valence-corrected chi connectivity index (χ0v) is 14.2. The summed E-state index contributed by atoms with van der Waals surface area (Å²) in [6.07, 6.45) is 9.69. The fourth-order valence-electron chi connectivity index (χ4n) is 3.86. The number of nitrogens with zero attached hydrogens (tertiary/aromatic N) is 1. The molecule has 0 spiro atoms. The lowest BCUT2D eigenvalue weighted by Crippen LogP contribution is -2.49. The molecule has 3 heteroatoms. The summed E-state index contributed by atoms with van der Waals surface area (Å²) in [4.78, 5) is 15.4. The minimum atomic E-state index is 0.181. The van der Waals surface area contributed by atoms with Crippen LogP contribution < -0.4 is 0 Å². The Morgan fingerprint density at radius 1 is 1.11 bits per heavy atom. The number of hydrogen-bond donors (Lipinski definition) is 0. The third kappa shape index (κ3) is 3.34. The van der Waals surface area contributed by atoms with Gasteiger partial charge in [0.2, 0.25) is 5.91 Å². The Kier molecular flexibility index (Phi) is 4.97. The van der Waals surface area contributed by atoms with Gasteiger partial charge in [0.15, 0.2) is 0 Å². The van der Waals surface area contributed by atoms with Crippen molar-refractivity contribution >= 4 is 21.8 Å². The van der Waals surface area contributed by atoms with Crippen molar-refractivity contribution in [3.8, 4) is 0 Å². The molecule has 0 aromatic carbocycles. The zero-order chi connectivity index (χ0) is 14.0. The topological polar surface area (TPSA) is 20.3 Å². The van der Waals surface area contributed by atoms with Gasteiger partial charge in [-0.25, -0.2) is 0 Å². The van der Waals surface area contributed by atoms with Crippen LogP contribution in [-0.4, -0.2) is 28.7 Å². The minimum Gasteiger partial charge on any atom is -0.341 e. The summed E-state index contributed by atoms with van der Waals surface area (Å²) in [6.45, 7) is 4.55. The van der Waals surface area contributed by atoms with E-state index in [1.807, 2.05) is 7.05 Å². The summed E-state index contributed by atoms with van der Waals surface area (Å²) in [5.41, 5.74) is 0.181. The molecule has 3 atom stereocenters. The van der Waals surface area contributed by atoms with Crippen LogP contribution in [0, 0.1) is 11.3 Å². The average Bonchev–Trinajstić information content (AvgIpc) is 2.37. The monoisotopic (exact) mass is 329 g/mol. The van der Waals surface area contributed by atoms with Crippen LogP contribution in [-0.2, 0) is 4.79 Å². The van der Waals surface area contributed by atoms with E-state index in [1.54, 1.807) is 0 Å². The average molecular weight is 330 g/mol. The Balaban J connectivity index is 2.05. The molecule has 2 nitrogen and oxygen atoms in total. The predicted molar refractivity (Wildman–Crippen MR) is 83.5 cm³/mol. The highest BCUT2D eigenvalue weighted by atomic mass is 79.9. The first-order valence-corrected chi connectivity index (χ1v) is 8.76. The largest absolute Gasteiger partial charge is 0.341 e. The number of hydrogen-bond acceptors (Lipinski definition) is 1. The fourth-order valence-corrected chi connectivity index (χ4v) is 4.81.